The van der Waals surface area contributed by atoms with Crippen LogP contribution in [0, 0.1) is 0 Å². The summed E-state index contributed by atoms with van der Waals surface area (Å²) in [7, 11) is 0. The van der Waals surface area contributed by atoms with Gasteiger partial charge in [0, 0.05) is 51.1 Å². The molecule has 24 heavy (non-hydrogen) atoms. The zero-order chi connectivity index (χ0) is 17.2. The minimum Gasteiger partial charge on any atom is -0.396 e. The summed E-state index contributed by atoms with van der Waals surface area (Å²) in [6.07, 6.45) is 1.53. The Morgan fingerprint density at radius 3 is 2.58 bits per heavy atom. The standard InChI is InChI=1S/C18H30N4O2/c1-16(8-15-23)20-18(24)19-9-5-10-21-11-13-22(14-12-21)17-6-3-2-4-7-17/h2-4,6-7,16,23H,5,8-15H2,1H3,(H2,19,20,24)/t16-/m1/s1. The van der Waals surface area contributed by atoms with Crippen molar-refractivity contribution in [3.63, 3.8) is 0 Å². The van der Waals surface area contributed by atoms with Gasteiger partial charge in [0.2, 0.25) is 0 Å². The summed E-state index contributed by atoms with van der Waals surface area (Å²) < 4.78 is 0. The number of anilines is 1. The highest BCUT2D eigenvalue weighted by Crippen LogP contribution is 2.15. The number of carbonyl (C=O) groups excluding carboxylic acids is 1. The Hall–Kier alpha value is -1.79. The molecular weight excluding hydrogens is 304 g/mol. The normalized spacial score (nSPS) is 16.7. The van der Waals surface area contributed by atoms with Gasteiger partial charge in [0.05, 0.1) is 0 Å². The number of amides is 2. The number of urea groups is 1. The smallest absolute Gasteiger partial charge is 0.314 e. The van der Waals surface area contributed by atoms with E-state index in [0.717, 1.165) is 39.1 Å². The van der Waals surface area contributed by atoms with Crippen LogP contribution >= 0.6 is 0 Å². The van der Waals surface area contributed by atoms with E-state index in [4.69, 9.17) is 5.11 Å². The summed E-state index contributed by atoms with van der Waals surface area (Å²) in [6, 6.07) is 10.4. The lowest BCUT2D eigenvalue weighted by atomic mass is 10.2. The number of nitrogens with zero attached hydrogens (tertiary/aromatic N) is 2. The number of aliphatic hydroxyl groups is 1. The molecule has 1 aromatic carbocycles. The summed E-state index contributed by atoms with van der Waals surface area (Å²) in [5, 5.41) is 14.5. The largest absolute Gasteiger partial charge is 0.396 e. The molecule has 0 unspecified atom stereocenters. The van der Waals surface area contributed by atoms with E-state index >= 15 is 0 Å². The van der Waals surface area contributed by atoms with E-state index in [1.807, 2.05) is 13.0 Å². The maximum absolute atomic E-state index is 11.7. The Bertz CT molecular complexity index is 475. The third-order valence-corrected chi connectivity index (χ3v) is 4.37. The molecule has 1 atom stereocenters. The van der Waals surface area contributed by atoms with Gasteiger partial charge in [0.25, 0.3) is 0 Å². The van der Waals surface area contributed by atoms with Crippen molar-refractivity contribution in [1.82, 2.24) is 15.5 Å². The van der Waals surface area contributed by atoms with E-state index in [1.165, 1.54) is 5.69 Å². The Morgan fingerprint density at radius 1 is 1.21 bits per heavy atom. The van der Waals surface area contributed by atoms with Gasteiger partial charge in [0.15, 0.2) is 0 Å². The summed E-state index contributed by atoms with van der Waals surface area (Å²) in [5.41, 5.74) is 1.30. The van der Waals surface area contributed by atoms with Gasteiger partial charge in [-0.15, -0.1) is 0 Å². The van der Waals surface area contributed by atoms with Crippen LogP contribution in [0.2, 0.25) is 0 Å². The maximum atomic E-state index is 11.7. The molecule has 6 nitrogen and oxygen atoms in total. The number of aliphatic hydroxyl groups excluding tert-OH is 1. The van der Waals surface area contributed by atoms with E-state index in [0.29, 0.717) is 13.0 Å². The van der Waals surface area contributed by atoms with Crippen molar-refractivity contribution in [2.75, 3.05) is 50.8 Å². The van der Waals surface area contributed by atoms with Gasteiger partial charge >= 0.3 is 6.03 Å². The first-order valence-electron chi connectivity index (χ1n) is 8.86. The molecule has 0 bridgehead atoms. The quantitative estimate of drug-likeness (QED) is 0.626. The number of piperazine rings is 1. The average molecular weight is 334 g/mol. The molecule has 0 aromatic heterocycles. The van der Waals surface area contributed by atoms with E-state index in [9.17, 15) is 4.79 Å². The highest BCUT2D eigenvalue weighted by atomic mass is 16.3. The van der Waals surface area contributed by atoms with E-state index < -0.39 is 0 Å². The van der Waals surface area contributed by atoms with Crippen molar-refractivity contribution < 1.29 is 9.90 Å². The minimum atomic E-state index is -0.148. The lowest BCUT2D eigenvalue weighted by Gasteiger charge is -2.36. The van der Waals surface area contributed by atoms with Crippen LogP contribution in [0.25, 0.3) is 0 Å². The Morgan fingerprint density at radius 2 is 1.92 bits per heavy atom. The van der Waals surface area contributed by atoms with Gasteiger partial charge in [-0.05, 0) is 38.4 Å². The summed E-state index contributed by atoms with van der Waals surface area (Å²) in [5.74, 6) is 0. The van der Waals surface area contributed by atoms with E-state index in [1.54, 1.807) is 0 Å². The summed E-state index contributed by atoms with van der Waals surface area (Å²) in [6.45, 7) is 7.90. The summed E-state index contributed by atoms with van der Waals surface area (Å²) in [4.78, 5) is 16.5. The lowest BCUT2D eigenvalue weighted by molar-refractivity contribution is 0.228. The zero-order valence-corrected chi connectivity index (χ0v) is 14.6. The highest BCUT2D eigenvalue weighted by Gasteiger charge is 2.16. The van der Waals surface area contributed by atoms with Crippen LogP contribution < -0.4 is 15.5 Å². The maximum Gasteiger partial charge on any atom is 0.314 e. The highest BCUT2D eigenvalue weighted by molar-refractivity contribution is 5.74. The van der Waals surface area contributed by atoms with E-state index in [-0.39, 0.29) is 18.7 Å². The fraction of sp³-hybridized carbons (Fsp3) is 0.611. The second kappa shape index (κ2) is 10.2. The van der Waals surface area contributed by atoms with Gasteiger partial charge in [-0.2, -0.15) is 0 Å². The first kappa shape index (κ1) is 18.5. The van der Waals surface area contributed by atoms with Gasteiger partial charge in [-0.1, -0.05) is 18.2 Å². The SMILES string of the molecule is C[C@H](CCO)NC(=O)NCCCN1CCN(c2ccccc2)CC1. The van der Waals surface area contributed by atoms with Crippen molar-refractivity contribution in [3.8, 4) is 0 Å². The topological polar surface area (TPSA) is 67.8 Å². The molecule has 1 fully saturated rings. The van der Waals surface area contributed by atoms with Gasteiger partial charge in [-0.3, -0.25) is 4.90 Å². The molecule has 3 N–H and O–H groups in total. The molecule has 6 heteroatoms. The van der Waals surface area contributed by atoms with E-state index in [2.05, 4.69) is 44.7 Å². The fourth-order valence-corrected chi connectivity index (χ4v) is 2.91. The molecular formula is C18H30N4O2. The molecule has 2 amide bonds. The van der Waals surface area contributed by atoms with Gasteiger partial charge < -0.3 is 20.6 Å². The number of rotatable bonds is 8. The number of benzene rings is 1. The average Bonchev–Trinajstić information content (AvgIpc) is 2.60. The van der Waals surface area contributed by atoms with Gasteiger partial charge in [-0.25, -0.2) is 4.79 Å². The van der Waals surface area contributed by atoms with Crippen LogP contribution in [0.5, 0.6) is 0 Å². The van der Waals surface area contributed by atoms with Crippen LogP contribution in [-0.4, -0.2) is 68.0 Å². The zero-order valence-electron chi connectivity index (χ0n) is 14.6. The Kier molecular flexibility index (Phi) is 7.85. The van der Waals surface area contributed by atoms with Crippen LogP contribution in [0.4, 0.5) is 10.5 Å². The van der Waals surface area contributed by atoms with Crippen LogP contribution in [0.1, 0.15) is 19.8 Å². The Balaban J connectivity index is 1.56. The van der Waals surface area contributed by atoms with Crippen molar-refractivity contribution in [2.45, 2.75) is 25.8 Å². The molecule has 0 radical (unpaired) electrons. The van der Waals surface area contributed by atoms with Crippen LogP contribution in [0.15, 0.2) is 30.3 Å². The number of carbonyl (C=O) groups is 1. The van der Waals surface area contributed by atoms with Crippen molar-refractivity contribution in [3.05, 3.63) is 30.3 Å². The molecule has 0 spiro atoms. The first-order valence-corrected chi connectivity index (χ1v) is 8.86. The van der Waals surface area contributed by atoms with Crippen LogP contribution in [-0.2, 0) is 0 Å². The monoisotopic (exact) mass is 334 g/mol. The molecule has 1 saturated heterocycles. The van der Waals surface area contributed by atoms with Crippen molar-refractivity contribution in [1.29, 1.82) is 0 Å². The van der Waals surface area contributed by atoms with Crippen molar-refractivity contribution >= 4 is 11.7 Å². The molecule has 1 aliphatic rings. The molecule has 134 valence electrons. The number of nitrogens with one attached hydrogen (secondary N) is 2. The van der Waals surface area contributed by atoms with Crippen molar-refractivity contribution in [2.24, 2.45) is 0 Å². The third kappa shape index (κ3) is 6.37. The van der Waals surface area contributed by atoms with Crippen LogP contribution in [0.3, 0.4) is 0 Å². The van der Waals surface area contributed by atoms with Gasteiger partial charge in [0.1, 0.15) is 0 Å². The molecule has 1 heterocycles. The summed E-state index contributed by atoms with van der Waals surface area (Å²) >= 11 is 0. The number of hydrogen-bond acceptors (Lipinski definition) is 4. The predicted octanol–water partition coefficient (Wildman–Crippen LogP) is 1.27. The second-order valence-electron chi connectivity index (χ2n) is 6.33. The lowest BCUT2D eigenvalue weighted by Crippen LogP contribution is -2.47. The number of para-hydroxylation sites is 1. The predicted molar refractivity (Wildman–Crippen MR) is 97.4 cm³/mol. The molecule has 0 saturated carbocycles. The first-order chi connectivity index (χ1) is 11.7. The third-order valence-electron chi connectivity index (χ3n) is 4.37. The molecule has 0 aliphatic carbocycles. The molecule has 1 aliphatic heterocycles. The Labute approximate surface area is 144 Å². The fourth-order valence-electron chi connectivity index (χ4n) is 2.91. The molecule has 1 aromatic rings. The second-order valence-corrected chi connectivity index (χ2v) is 6.33. The minimum absolute atomic E-state index is 0.000985. The molecule has 2 rings (SSSR count). The number of hydrogen-bond donors (Lipinski definition) is 3.